The number of ether oxygens (including phenoxy) is 2. The third-order valence-corrected chi connectivity index (χ3v) is 7.00. The van der Waals surface area contributed by atoms with Gasteiger partial charge < -0.3 is 24.5 Å². The van der Waals surface area contributed by atoms with E-state index < -0.39 is 0 Å². The van der Waals surface area contributed by atoms with Gasteiger partial charge in [-0.25, -0.2) is 4.98 Å². The van der Waals surface area contributed by atoms with Crippen LogP contribution in [0.15, 0.2) is 72.8 Å². The van der Waals surface area contributed by atoms with Gasteiger partial charge in [0.1, 0.15) is 18.2 Å². The molecule has 2 heterocycles. The summed E-state index contributed by atoms with van der Waals surface area (Å²) in [6.45, 7) is 3.91. The number of rotatable bonds is 8. The second-order valence-corrected chi connectivity index (χ2v) is 9.17. The molecule has 7 nitrogen and oxygen atoms in total. The molecule has 2 N–H and O–H groups in total. The van der Waals surface area contributed by atoms with Crippen LogP contribution in [0.1, 0.15) is 41.5 Å². The summed E-state index contributed by atoms with van der Waals surface area (Å²) >= 11 is 0. The molecule has 3 aromatic carbocycles. The Labute approximate surface area is 221 Å². The topological polar surface area (TPSA) is 85.6 Å². The maximum absolute atomic E-state index is 13.9. The number of nitrogens with zero attached hydrogens (tertiary/aromatic N) is 2. The first-order valence-corrected chi connectivity index (χ1v) is 12.6. The number of methoxy groups -OCH3 is 2. The number of aliphatic hydroxyl groups is 1. The van der Waals surface area contributed by atoms with Crippen LogP contribution < -0.4 is 14.8 Å². The monoisotopic (exact) mass is 509 g/mol. The molecule has 0 fully saturated rings. The molecular formula is C31H31N3O4. The van der Waals surface area contributed by atoms with E-state index in [4.69, 9.17) is 14.5 Å². The van der Waals surface area contributed by atoms with Crippen LogP contribution in [0.3, 0.4) is 0 Å². The summed E-state index contributed by atoms with van der Waals surface area (Å²) in [6, 6.07) is 22.6. The van der Waals surface area contributed by atoms with Gasteiger partial charge in [-0.1, -0.05) is 37.3 Å². The maximum Gasteiger partial charge on any atom is 0.252 e. The number of aliphatic hydroxyl groups excluding tert-OH is 1. The highest BCUT2D eigenvalue weighted by molar-refractivity contribution is 6.08. The highest BCUT2D eigenvalue weighted by Gasteiger charge is 2.23. The molecule has 0 radical (unpaired) electrons. The van der Waals surface area contributed by atoms with E-state index in [1.165, 1.54) is 0 Å². The van der Waals surface area contributed by atoms with Crippen LogP contribution in [0.5, 0.6) is 11.5 Å². The minimum atomic E-state index is -0.302. The molecule has 0 bridgehead atoms. The first kappa shape index (κ1) is 25.3. The predicted octanol–water partition coefficient (Wildman–Crippen LogP) is 5.88. The van der Waals surface area contributed by atoms with Gasteiger partial charge in [0.05, 0.1) is 42.6 Å². The number of nitrogens with one attached hydrogen (secondary N) is 1. The first-order chi connectivity index (χ1) is 18.5. The van der Waals surface area contributed by atoms with Crippen molar-refractivity contribution in [3.63, 3.8) is 0 Å². The number of aromatic nitrogens is 2. The predicted molar refractivity (Wildman–Crippen MR) is 150 cm³/mol. The molecule has 2 aromatic heterocycles. The minimum Gasteiger partial charge on any atom is -0.497 e. The van der Waals surface area contributed by atoms with Crippen LogP contribution in [0.4, 0.5) is 0 Å². The molecule has 0 saturated heterocycles. The fraction of sp³-hybridized carbons (Fsp3) is 0.226. The van der Waals surface area contributed by atoms with Gasteiger partial charge in [-0.05, 0) is 55.8 Å². The maximum atomic E-state index is 13.9. The van der Waals surface area contributed by atoms with Gasteiger partial charge in [-0.3, -0.25) is 4.79 Å². The highest BCUT2D eigenvalue weighted by atomic mass is 16.5. The number of amides is 1. The van der Waals surface area contributed by atoms with Crippen molar-refractivity contribution in [2.24, 2.45) is 0 Å². The van der Waals surface area contributed by atoms with E-state index in [1.807, 2.05) is 84.3 Å². The number of carbonyl (C=O) groups is 1. The smallest absolute Gasteiger partial charge is 0.252 e. The van der Waals surface area contributed by atoms with Crippen LogP contribution >= 0.6 is 0 Å². The van der Waals surface area contributed by atoms with Crippen molar-refractivity contribution in [2.75, 3.05) is 14.2 Å². The Balaban J connectivity index is 1.61. The van der Waals surface area contributed by atoms with Gasteiger partial charge in [0.2, 0.25) is 0 Å². The van der Waals surface area contributed by atoms with Crippen molar-refractivity contribution < 1.29 is 19.4 Å². The quantitative estimate of drug-likeness (QED) is 0.273. The van der Waals surface area contributed by atoms with Gasteiger partial charge in [-0.15, -0.1) is 0 Å². The van der Waals surface area contributed by atoms with Crippen molar-refractivity contribution in [1.82, 2.24) is 14.9 Å². The molecule has 0 unspecified atom stereocenters. The third-order valence-electron chi connectivity index (χ3n) is 7.00. The van der Waals surface area contributed by atoms with Crippen molar-refractivity contribution in [3.05, 3.63) is 89.6 Å². The zero-order valence-electron chi connectivity index (χ0n) is 22.0. The van der Waals surface area contributed by atoms with Crippen molar-refractivity contribution >= 4 is 27.7 Å². The van der Waals surface area contributed by atoms with Crippen molar-refractivity contribution in [2.45, 2.75) is 33.0 Å². The normalized spacial score (nSPS) is 12.0. The fourth-order valence-corrected chi connectivity index (χ4v) is 5.21. The van der Waals surface area contributed by atoms with Gasteiger partial charge in [0.15, 0.2) is 0 Å². The average Bonchev–Trinajstić information content (AvgIpc) is 3.29. The van der Waals surface area contributed by atoms with E-state index in [-0.39, 0.29) is 18.7 Å². The second-order valence-electron chi connectivity index (χ2n) is 9.17. The molecule has 7 heteroatoms. The van der Waals surface area contributed by atoms with E-state index in [9.17, 15) is 9.90 Å². The van der Waals surface area contributed by atoms with Gasteiger partial charge >= 0.3 is 0 Å². The molecule has 0 saturated carbocycles. The number of fused-ring (bicyclic) bond motifs is 2. The molecular weight excluding hydrogens is 478 g/mol. The fourth-order valence-electron chi connectivity index (χ4n) is 5.21. The first-order valence-electron chi connectivity index (χ1n) is 12.6. The van der Waals surface area contributed by atoms with Crippen LogP contribution in [0, 0.1) is 0 Å². The molecule has 5 rings (SSSR count). The Kier molecular flexibility index (Phi) is 7.03. The summed E-state index contributed by atoms with van der Waals surface area (Å²) in [6.07, 6.45) is 0.722. The van der Waals surface area contributed by atoms with E-state index in [2.05, 4.69) is 12.2 Å². The lowest BCUT2D eigenvalue weighted by atomic mass is 10.0. The Morgan fingerprint density at radius 1 is 0.974 bits per heavy atom. The molecule has 0 aliphatic carbocycles. The Morgan fingerprint density at radius 3 is 2.47 bits per heavy atom. The van der Waals surface area contributed by atoms with Gasteiger partial charge in [-0.2, -0.15) is 0 Å². The summed E-state index contributed by atoms with van der Waals surface area (Å²) < 4.78 is 12.7. The number of benzene rings is 3. The largest absolute Gasteiger partial charge is 0.497 e. The summed E-state index contributed by atoms with van der Waals surface area (Å²) in [4.78, 5) is 18.7. The zero-order chi connectivity index (χ0) is 26.8. The van der Waals surface area contributed by atoms with Crippen molar-refractivity contribution in [1.29, 1.82) is 0 Å². The Morgan fingerprint density at radius 2 is 1.74 bits per heavy atom. The van der Waals surface area contributed by atoms with Crippen LogP contribution in [0.2, 0.25) is 0 Å². The molecule has 194 valence electrons. The minimum absolute atomic E-state index is 0.122. The molecule has 0 aliphatic rings. The molecule has 1 atom stereocenters. The molecule has 0 spiro atoms. The summed E-state index contributed by atoms with van der Waals surface area (Å²) in [5, 5.41) is 15.0. The summed E-state index contributed by atoms with van der Waals surface area (Å²) in [5.41, 5.74) is 5.67. The Bertz CT molecular complexity index is 1640. The second kappa shape index (κ2) is 10.6. The lowest BCUT2D eigenvalue weighted by Crippen LogP contribution is -2.27. The molecule has 1 amide bonds. The number of hydrogen-bond donors (Lipinski definition) is 2. The number of para-hydroxylation sites is 1. The number of carbonyl (C=O) groups excluding carboxylic acids is 1. The molecule has 38 heavy (non-hydrogen) atoms. The lowest BCUT2D eigenvalue weighted by molar-refractivity contribution is 0.0941. The van der Waals surface area contributed by atoms with Gasteiger partial charge in [0, 0.05) is 27.6 Å². The van der Waals surface area contributed by atoms with E-state index in [0.717, 1.165) is 34.1 Å². The Hall–Kier alpha value is -4.36. The standard InChI is InChI=1S/C31H31N3O4/c1-5-28-30(23-11-6-7-12-29(23)34(28)18-35)19(2)32-31(36)25-17-27(20-9-8-10-21(15-20)37-3)33-26-14-13-22(38-4)16-24(25)26/h6-17,19,35H,5,18H2,1-4H3,(H,32,36)/t19-/m1/s1. The number of pyridine rings is 1. The summed E-state index contributed by atoms with van der Waals surface area (Å²) in [5.74, 6) is 1.14. The average molecular weight is 510 g/mol. The highest BCUT2D eigenvalue weighted by Crippen LogP contribution is 2.33. The lowest BCUT2D eigenvalue weighted by Gasteiger charge is -2.18. The van der Waals surface area contributed by atoms with E-state index >= 15 is 0 Å². The summed E-state index contributed by atoms with van der Waals surface area (Å²) in [7, 11) is 3.22. The van der Waals surface area contributed by atoms with Crippen LogP contribution in [-0.4, -0.2) is 34.8 Å². The molecule has 5 aromatic rings. The number of hydrogen-bond acceptors (Lipinski definition) is 5. The SMILES string of the molecule is CCc1c([C@@H](C)NC(=O)c2cc(-c3cccc(OC)c3)nc3ccc(OC)cc23)c2ccccc2n1CO. The van der Waals surface area contributed by atoms with E-state index in [1.54, 1.807) is 14.2 Å². The van der Waals surface area contributed by atoms with Crippen LogP contribution in [-0.2, 0) is 13.2 Å². The van der Waals surface area contributed by atoms with Crippen LogP contribution in [0.25, 0.3) is 33.1 Å². The molecule has 0 aliphatic heterocycles. The van der Waals surface area contributed by atoms with Gasteiger partial charge in [0.25, 0.3) is 5.91 Å². The third kappa shape index (κ3) is 4.46. The zero-order valence-corrected chi connectivity index (χ0v) is 22.0. The van der Waals surface area contributed by atoms with Crippen molar-refractivity contribution in [3.8, 4) is 22.8 Å². The van der Waals surface area contributed by atoms with E-state index in [0.29, 0.717) is 33.7 Å².